The van der Waals surface area contributed by atoms with E-state index in [2.05, 4.69) is 34.0 Å². The minimum Gasteiger partial charge on any atom is -0.462 e. The second-order valence-corrected chi connectivity index (χ2v) is 6.92. The van der Waals surface area contributed by atoms with Crippen LogP contribution in [0, 0.1) is 6.92 Å². The summed E-state index contributed by atoms with van der Waals surface area (Å²) in [4.78, 5) is 30.3. The lowest BCUT2D eigenvalue weighted by Crippen LogP contribution is -2.25. The normalized spacial score (nSPS) is 16.4. The minimum atomic E-state index is -0.564. The number of hydrogen-bond acceptors (Lipinski definition) is 4. The van der Waals surface area contributed by atoms with Crippen molar-refractivity contribution < 1.29 is 9.53 Å². The third-order valence-corrected chi connectivity index (χ3v) is 5.40. The summed E-state index contributed by atoms with van der Waals surface area (Å²) in [6, 6.07) is 2.37. The van der Waals surface area contributed by atoms with Gasteiger partial charge in [-0.3, -0.25) is 4.79 Å². The number of nitrogens with zero attached hydrogens (tertiary/aromatic N) is 3. The average Bonchev–Trinajstić information content (AvgIpc) is 2.93. The van der Waals surface area contributed by atoms with Crippen molar-refractivity contribution in [1.82, 2.24) is 14.1 Å². The van der Waals surface area contributed by atoms with E-state index in [1.165, 1.54) is 0 Å². The van der Waals surface area contributed by atoms with E-state index in [0.717, 1.165) is 41.8 Å². The second kappa shape index (κ2) is 5.97. The van der Waals surface area contributed by atoms with E-state index in [4.69, 9.17) is 4.74 Å². The van der Waals surface area contributed by atoms with Crippen LogP contribution in [0.2, 0.25) is 0 Å². The van der Waals surface area contributed by atoms with Crippen LogP contribution in [0.4, 0.5) is 0 Å². The van der Waals surface area contributed by atoms with Crippen LogP contribution in [-0.2, 0) is 17.7 Å². The smallest absolute Gasteiger partial charge is 0.343 e. The Morgan fingerprint density at radius 2 is 2.15 bits per heavy atom. The maximum absolute atomic E-state index is 13.3. The van der Waals surface area contributed by atoms with Gasteiger partial charge in [-0.2, -0.15) is 0 Å². The van der Waals surface area contributed by atoms with Gasteiger partial charge in [-0.1, -0.05) is 0 Å². The quantitative estimate of drug-likeness (QED) is 0.677. The van der Waals surface area contributed by atoms with Gasteiger partial charge < -0.3 is 13.9 Å². The zero-order valence-electron chi connectivity index (χ0n) is 15.6. The molecule has 0 fully saturated rings. The van der Waals surface area contributed by atoms with Crippen molar-refractivity contribution >= 4 is 27.9 Å². The number of aryl methyl sites for hydroxylation is 3. The molecule has 0 saturated carbocycles. The fourth-order valence-corrected chi connectivity index (χ4v) is 4.12. The maximum Gasteiger partial charge on any atom is 0.343 e. The molecule has 6 heteroatoms. The van der Waals surface area contributed by atoms with Crippen molar-refractivity contribution in [3.63, 3.8) is 0 Å². The molecule has 0 amide bonds. The molecule has 0 aliphatic carbocycles. The summed E-state index contributed by atoms with van der Waals surface area (Å²) in [6.45, 7) is 8.90. The first kappa shape index (κ1) is 16.8. The first-order valence-corrected chi connectivity index (χ1v) is 9.22. The van der Waals surface area contributed by atoms with Gasteiger partial charge >= 0.3 is 5.97 Å². The predicted octanol–water partition coefficient (Wildman–Crippen LogP) is 3.36. The van der Waals surface area contributed by atoms with Crippen molar-refractivity contribution in [2.75, 3.05) is 6.61 Å². The van der Waals surface area contributed by atoms with E-state index in [1.807, 2.05) is 6.92 Å². The summed E-state index contributed by atoms with van der Waals surface area (Å²) < 4.78 is 9.30. The van der Waals surface area contributed by atoms with Gasteiger partial charge in [-0.25, -0.2) is 9.78 Å². The largest absolute Gasteiger partial charge is 0.462 e. The van der Waals surface area contributed by atoms with Crippen molar-refractivity contribution in [2.24, 2.45) is 0 Å². The molecule has 2 aromatic heterocycles. The van der Waals surface area contributed by atoms with Crippen LogP contribution in [0.25, 0.3) is 21.9 Å². The lowest BCUT2D eigenvalue weighted by Gasteiger charge is -2.26. The number of esters is 1. The highest BCUT2D eigenvalue weighted by molar-refractivity contribution is 6.07. The first-order valence-electron chi connectivity index (χ1n) is 9.22. The molecule has 1 aromatic carbocycles. The Labute approximate surface area is 151 Å². The Morgan fingerprint density at radius 3 is 2.85 bits per heavy atom. The highest BCUT2D eigenvalue weighted by Gasteiger charge is 2.26. The standard InChI is InChI=1S/C20H23N3O3/c1-5-22-12(4)21-17-15(22)9-13-8-7-11(3)23-10-14(20(25)26-6-2)19(24)16(17)18(13)23/h9-11H,5-8H2,1-4H3. The van der Waals surface area contributed by atoms with E-state index < -0.39 is 5.97 Å². The molecule has 0 N–H and O–H groups in total. The SMILES string of the molecule is CCOC(=O)c1cn2c3c(cc4c(nc(C)n4CC)c3c1=O)CCC2C. The molecule has 136 valence electrons. The summed E-state index contributed by atoms with van der Waals surface area (Å²) in [5.41, 5.74) is 3.52. The average molecular weight is 353 g/mol. The maximum atomic E-state index is 13.3. The van der Waals surface area contributed by atoms with Crippen molar-refractivity contribution in [1.29, 1.82) is 0 Å². The lowest BCUT2D eigenvalue weighted by molar-refractivity contribution is 0.0524. The zero-order valence-corrected chi connectivity index (χ0v) is 15.6. The van der Waals surface area contributed by atoms with E-state index in [-0.39, 0.29) is 23.6 Å². The van der Waals surface area contributed by atoms with Crippen molar-refractivity contribution in [2.45, 2.75) is 53.1 Å². The van der Waals surface area contributed by atoms with E-state index in [9.17, 15) is 9.59 Å². The molecular formula is C20H23N3O3. The number of rotatable bonds is 3. The molecule has 6 nitrogen and oxygen atoms in total. The van der Waals surface area contributed by atoms with E-state index in [0.29, 0.717) is 10.9 Å². The van der Waals surface area contributed by atoms with Crippen LogP contribution < -0.4 is 5.43 Å². The van der Waals surface area contributed by atoms with E-state index >= 15 is 0 Å². The number of aromatic nitrogens is 3. The molecule has 1 aliphatic rings. The van der Waals surface area contributed by atoms with Gasteiger partial charge in [0, 0.05) is 18.8 Å². The number of benzene rings is 1. The molecule has 1 unspecified atom stereocenters. The highest BCUT2D eigenvalue weighted by atomic mass is 16.5. The van der Waals surface area contributed by atoms with Crippen LogP contribution in [0.15, 0.2) is 17.1 Å². The molecule has 1 aliphatic heterocycles. The Balaban J connectivity index is 2.21. The molecular weight excluding hydrogens is 330 g/mol. The highest BCUT2D eigenvalue weighted by Crippen LogP contribution is 2.34. The fraction of sp³-hybridized carbons (Fsp3) is 0.450. The number of hydrogen-bond donors (Lipinski definition) is 0. The van der Waals surface area contributed by atoms with Crippen LogP contribution in [0.5, 0.6) is 0 Å². The van der Waals surface area contributed by atoms with Gasteiger partial charge in [0.2, 0.25) is 5.43 Å². The molecule has 0 saturated heterocycles. The summed E-state index contributed by atoms with van der Waals surface area (Å²) in [5, 5.41) is 0.546. The van der Waals surface area contributed by atoms with Crippen molar-refractivity contribution in [3.05, 3.63) is 39.4 Å². The van der Waals surface area contributed by atoms with Crippen LogP contribution in [0.1, 0.15) is 55.0 Å². The molecule has 26 heavy (non-hydrogen) atoms. The Hall–Kier alpha value is -2.63. The number of fused-ring (bicyclic) bond motifs is 2. The second-order valence-electron chi connectivity index (χ2n) is 6.92. The van der Waals surface area contributed by atoms with Gasteiger partial charge in [0.1, 0.15) is 16.9 Å². The summed E-state index contributed by atoms with van der Waals surface area (Å²) in [5.74, 6) is 0.312. The molecule has 0 bridgehead atoms. The number of pyridine rings is 1. The molecule has 3 aromatic rings. The van der Waals surface area contributed by atoms with Crippen LogP contribution in [0.3, 0.4) is 0 Å². The van der Waals surface area contributed by atoms with Crippen LogP contribution >= 0.6 is 0 Å². The molecule has 0 spiro atoms. The van der Waals surface area contributed by atoms with Crippen molar-refractivity contribution in [3.8, 4) is 0 Å². The molecule has 1 atom stereocenters. The van der Waals surface area contributed by atoms with Gasteiger partial charge in [0.25, 0.3) is 0 Å². The number of carbonyl (C=O) groups excluding carboxylic acids is 1. The summed E-state index contributed by atoms with van der Waals surface area (Å²) in [7, 11) is 0. The Morgan fingerprint density at radius 1 is 1.38 bits per heavy atom. The topological polar surface area (TPSA) is 66.1 Å². The summed E-state index contributed by atoms with van der Waals surface area (Å²) >= 11 is 0. The minimum absolute atomic E-state index is 0.0928. The third kappa shape index (κ3) is 2.21. The van der Waals surface area contributed by atoms with Gasteiger partial charge in [0.05, 0.1) is 23.0 Å². The third-order valence-electron chi connectivity index (χ3n) is 5.40. The number of imidazole rings is 1. The summed E-state index contributed by atoms with van der Waals surface area (Å²) in [6.07, 6.45) is 3.56. The molecule has 0 radical (unpaired) electrons. The van der Waals surface area contributed by atoms with E-state index in [1.54, 1.807) is 13.1 Å². The molecule has 4 rings (SSSR count). The predicted molar refractivity (Wildman–Crippen MR) is 101 cm³/mol. The molecule has 3 heterocycles. The zero-order chi connectivity index (χ0) is 18.6. The fourth-order valence-electron chi connectivity index (χ4n) is 4.12. The Bertz CT molecular complexity index is 1110. The van der Waals surface area contributed by atoms with Gasteiger partial charge in [0.15, 0.2) is 0 Å². The van der Waals surface area contributed by atoms with Gasteiger partial charge in [-0.05, 0) is 52.2 Å². The first-order chi connectivity index (χ1) is 12.5. The monoisotopic (exact) mass is 353 g/mol. The Kier molecular flexibility index (Phi) is 3.86. The van der Waals surface area contributed by atoms with Gasteiger partial charge in [-0.15, -0.1) is 0 Å². The lowest BCUT2D eigenvalue weighted by atomic mass is 9.95. The van der Waals surface area contributed by atoms with Crippen LogP contribution in [-0.4, -0.2) is 26.7 Å². The number of ether oxygens (including phenoxy) is 1. The number of carbonyl (C=O) groups is 1.